The van der Waals surface area contributed by atoms with E-state index in [1.54, 1.807) is 11.8 Å². The van der Waals surface area contributed by atoms with E-state index in [-0.39, 0.29) is 12.4 Å². The minimum Gasteiger partial charge on any atom is -0.288 e. The molecule has 2 aromatic rings. The summed E-state index contributed by atoms with van der Waals surface area (Å²) in [5, 5.41) is 16.9. The number of aliphatic imine (C=N–C) groups is 1. The monoisotopic (exact) mass is 388 g/mol. The van der Waals surface area contributed by atoms with Gasteiger partial charge in [0.05, 0.1) is 17.9 Å². The van der Waals surface area contributed by atoms with Crippen molar-refractivity contribution in [1.82, 2.24) is 0 Å². The second-order valence-electron chi connectivity index (χ2n) is 5.20. The van der Waals surface area contributed by atoms with Gasteiger partial charge < -0.3 is 0 Å². The Balaban J connectivity index is 2.23. The number of benzene rings is 2. The molecule has 6 heteroatoms. The lowest BCUT2D eigenvalue weighted by atomic mass is 10.00. The molecule has 2 N–H and O–H groups in total. The maximum Gasteiger partial charge on any atom is 0.128 e. The number of halogens is 2. The zero-order valence-corrected chi connectivity index (χ0v) is 14.7. The standard InChI is InChI=1S/C17H14BrClN4/c1-10(20)23-15-7-4-12(18)8-14(15)17(22-9-16(23)21)11-2-5-13(19)6-3-11/h2-8,20-21H,9H2,1H3. The highest BCUT2D eigenvalue weighted by atomic mass is 79.9. The molecule has 116 valence electrons. The molecule has 3 rings (SSSR count). The highest BCUT2D eigenvalue weighted by molar-refractivity contribution is 9.10. The molecule has 0 bridgehead atoms. The predicted molar refractivity (Wildman–Crippen MR) is 99.7 cm³/mol. The van der Waals surface area contributed by atoms with Gasteiger partial charge in [0.25, 0.3) is 0 Å². The van der Waals surface area contributed by atoms with Gasteiger partial charge in [-0.05, 0) is 37.3 Å². The van der Waals surface area contributed by atoms with Crippen molar-refractivity contribution < 1.29 is 0 Å². The number of hydrogen-bond donors (Lipinski definition) is 2. The van der Waals surface area contributed by atoms with Crippen molar-refractivity contribution in [2.24, 2.45) is 4.99 Å². The molecule has 1 heterocycles. The average molecular weight is 390 g/mol. The Labute approximate surface area is 148 Å². The number of anilines is 1. The minimum absolute atomic E-state index is 0.223. The van der Waals surface area contributed by atoms with E-state index in [1.807, 2.05) is 42.5 Å². The van der Waals surface area contributed by atoms with E-state index in [0.717, 1.165) is 27.0 Å². The van der Waals surface area contributed by atoms with Crippen LogP contribution in [0.4, 0.5) is 5.69 Å². The van der Waals surface area contributed by atoms with Crippen LogP contribution in [0.5, 0.6) is 0 Å². The molecule has 0 amide bonds. The van der Waals surface area contributed by atoms with Gasteiger partial charge in [-0.15, -0.1) is 0 Å². The van der Waals surface area contributed by atoms with Gasteiger partial charge in [-0.25, -0.2) is 0 Å². The fourth-order valence-corrected chi connectivity index (χ4v) is 3.07. The maximum absolute atomic E-state index is 8.23. The summed E-state index contributed by atoms with van der Waals surface area (Å²) in [4.78, 5) is 6.23. The first-order valence-corrected chi connectivity index (χ1v) is 8.17. The molecule has 0 unspecified atom stereocenters. The van der Waals surface area contributed by atoms with Crippen molar-refractivity contribution in [1.29, 1.82) is 10.8 Å². The molecule has 4 nitrogen and oxygen atoms in total. The van der Waals surface area contributed by atoms with E-state index in [1.165, 1.54) is 0 Å². The van der Waals surface area contributed by atoms with Crippen LogP contribution in [0.1, 0.15) is 18.1 Å². The Morgan fingerprint density at radius 3 is 2.57 bits per heavy atom. The van der Waals surface area contributed by atoms with Crippen molar-refractivity contribution in [2.45, 2.75) is 6.92 Å². The van der Waals surface area contributed by atoms with Crippen LogP contribution in [-0.4, -0.2) is 23.9 Å². The zero-order chi connectivity index (χ0) is 16.6. The predicted octanol–water partition coefficient (Wildman–Crippen LogP) is 4.73. The summed E-state index contributed by atoms with van der Waals surface area (Å²) in [5.74, 6) is 0.580. The molecule has 1 aliphatic rings. The first kappa shape index (κ1) is 15.9. The lowest BCUT2D eigenvalue weighted by Gasteiger charge is -2.23. The number of nitrogens with one attached hydrogen (secondary N) is 2. The Morgan fingerprint density at radius 1 is 1.22 bits per heavy atom. The van der Waals surface area contributed by atoms with Crippen molar-refractivity contribution >= 4 is 50.6 Å². The number of nitrogens with zero attached hydrogens (tertiary/aromatic N) is 2. The van der Waals surface area contributed by atoms with E-state index < -0.39 is 0 Å². The number of rotatable bonds is 1. The van der Waals surface area contributed by atoms with Crippen LogP contribution in [0.2, 0.25) is 5.02 Å². The smallest absolute Gasteiger partial charge is 0.128 e. The number of fused-ring (bicyclic) bond motifs is 1. The Morgan fingerprint density at radius 2 is 1.91 bits per heavy atom. The van der Waals surface area contributed by atoms with Crippen LogP contribution in [0, 0.1) is 10.8 Å². The first-order valence-electron chi connectivity index (χ1n) is 7.00. The molecule has 0 saturated heterocycles. The van der Waals surface area contributed by atoms with Crippen LogP contribution < -0.4 is 4.90 Å². The lowest BCUT2D eigenvalue weighted by Crippen LogP contribution is -2.35. The normalized spacial score (nSPS) is 14.1. The van der Waals surface area contributed by atoms with Gasteiger partial charge in [0.15, 0.2) is 0 Å². The Kier molecular flexibility index (Phi) is 4.33. The van der Waals surface area contributed by atoms with Crippen LogP contribution in [0.25, 0.3) is 0 Å². The van der Waals surface area contributed by atoms with E-state index in [9.17, 15) is 0 Å². The van der Waals surface area contributed by atoms with E-state index in [0.29, 0.717) is 10.9 Å². The maximum atomic E-state index is 8.23. The van der Waals surface area contributed by atoms with Gasteiger partial charge >= 0.3 is 0 Å². The van der Waals surface area contributed by atoms with Crippen molar-refractivity contribution in [3.05, 3.63) is 63.1 Å². The molecule has 0 aliphatic carbocycles. The zero-order valence-electron chi connectivity index (χ0n) is 12.4. The van der Waals surface area contributed by atoms with E-state index in [2.05, 4.69) is 20.9 Å². The average Bonchev–Trinajstić information content (AvgIpc) is 2.64. The topological polar surface area (TPSA) is 63.3 Å². The summed E-state index contributed by atoms with van der Waals surface area (Å²) in [6.07, 6.45) is 0. The second-order valence-corrected chi connectivity index (χ2v) is 6.55. The number of amidine groups is 2. The van der Waals surface area contributed by atoms with Gasteiger partial charge in [-0.3, -0.25) is 20.7 Å². The summed E-state index contributed by atoms with van der Waals surface area (Å²) in [7, 11) is 0. The Bertz CT molecular complexity index is 827. The van der Waals surface area contributed by atoms with E-state index >= 15 is 0 Å². The quantitative estimate of drug-likeness (QED) is 0.537. The molecule has 0 atom stereocenters. The molecule has 0 saturated carbocycles. The Hall–Kier alpha value is -1.98. The SMILES string of the molecule is CC(=N)N1C(=N)CN=C(c2ccc(Cl)cc2)c2cc(Br)ccc21. The third-order valence-corrected chi connectivity index (χ3v) is 4.31. The van der Waals surface area contributed by atoms with E-state index in [4.69, 9.17) is 22.4 Å². The summed E-state index contributed by atoms with van der Waals surface area (Å²) < 4.78 is 0.925. The van der Waals surface area contributed by atoms with Gasteiger partial charge in [0, 0.05) is 20.6 Å². The summed E-state index contributed by atoms with van der Waals surface area (Å²) in [5.41, 5.74) is 3.41. The van der Waals surface area contributed by atoms with Crippen LogP contribution in [-0.2, 0) is 0 Å². The molecule has 2 aromatic carbocycles. The van der Waals surface area contributed by atoms with Crippen molar-refractivity contribution in [3.63, 3.8) is 0 Å². The third-order valence-electron chi connectivity index (χ3n) is 3.56. The third kappa shape index (κ3) is 3.07. The first-order chi connectivity index (χ1) is 11.0. The molecule has 0 fully saturated rings. The molecule has 0 aromatic heterocycles. The molecule has 23 heavy (non-hydrogen) atoms. The summed E-state index contributed by atoms with van der Waals surface area (Å²) in [6.45, 7) is 1.90. The molecular weight excluding hydrogens is 376 g/mol. The highest BCUT2D eigenvalue weighted by Crippen LogP contribution is 2.30. The van der Waals surface area contributed by atoms with Crippen molar-refractivity contribution in [3.8, 4) is 0 Å². The van der Waals surface area contributed by atoms with Gasteiger partial charge in [0.2, 0.25) is 0 Å². The molecule has 0 radical (unpaired) electrons. The molecule has 0 spiro atoms. The lowest BCUT2D eigenvalue weighted by molar-refractivity contribution is 1.20. The number of benzodiazepines with no additional fused rings is 1. The van der Waals surface area contributed by atoms with Crippen LogP contribution in [0.3, 0.4) is 0 Å². The van der Waals surface area contributed by atoms with Gasteiger partial charge in [0.1, 0.15) is 11.7 Å². The second kappa shape index (κ2) is 6.26. The van der Waals surface area contributed by atoms with Gasteiger partial charge in [-0.2, -0.15) is 0 Å². The fraction of sp³-hybridized carbons (Fsp3) is 0.118. The number of hydrogen-bond acceptors (Lipinski definition) is 3. The summed E-state index contributed by atoms with van der Waals surface area (Å²) >= 11 is 9.48. The van der Waals surface area contributed by atoms with Crippen molar-refractivity contribution in [2.75, 3.05) is 11.4 Å². The van der Waals surface area contributed by atoms with Crippen LogP contribution >= 0.6 is 27.5 Å². The highest BCUT2D eigenvalue weighted by Gasteiger charge is 2.24. The van der Waals surface area contributed by atoms with Gasteiger partial charge in [-0.1, -0.05) is 39.7 Å². The van der Waals surface area contributed by atoms with Crippen LogP contribution in [0.15, 0.2) is 51.9 Å². The largest absolute Gasteiger partial charge is 0.288 e. The minimum atomic E-state index is 0.223. The molecule has 1 aliphatic heterocycles. The summed E-state index contributed by atoms with van der Waals surface area (Å²) in [6, 6.07) is 13.3. The molecular formula is C17H14BrClN4. The fourth-order valence-electron chi connectivity index (χ4n) is 2.59.